The zero-order valence-electron chi connectivity index (χ0n) is 19.5. The lowest BCUT2D eigenvalue weighted by atomic mass is 9.93. The molecule has 1 fully saturated rings. The van der Waals surface area contributed by atoms with Crippen LogP contribution in [0.25, 0.3) is 11.1 Å². The highest BCUT2D eigenvalue weighted by atomic mass is 16.2. The fourth-order valence-corrected chi connectivity index (χ4v) is 4.19. The van der Waals surface area contributed by atoms with Gasteiger partial charge in [-0.25, -0.2) is 9.97 Å². The van der Waals surface area contributed by atoms with Gasteiger partial charge < -0.3 is 14.7 Å². The van der Waals surface area contributed by atoms with Crippen LogP contribution in [0.1, 0.15) is 21.6 Å². The molecule has 1 unspecified atom stereocenters. The third kappa shape index (κ3) is 4.58. The molecule has 170 valence electrons. The first-order chi connectivity index (χ1) is 15.9. The van der Waals surface area contributed by atoms with Crippen LogP contribution in [0.2, 0.25) is 0 Å². The van der Waals surface area contributed by atoms with Crippen LogP contribution in [0.3, 0.4) is 0 Å². The van der Waals surface area contributed by atoms with Gasteiger partial charge in [0.25, 0.3) is 5.91 Å². The molecule has 1 saturated heterocycles. The van der Waals surface area contributed by atoms with E-state index in [1.54, 1.807) is 34.9 Å². The Labute approximate surface area is 194 Å². The van der Waals surface area contributed by atoms with Gasteiger partial charge >= 0.3 is 0 Å². The normalized spacial score (nSPS) is 16.1. The van der Waals surface area contributed by atoms with Crippen molar-refractivity contribution < 1.29 is 9.59 Å². The van der Waals surface area contributed by atoms with E-state index in [2.05, 4.69) is 28.2 Å². The van der Waals surface area contributed by atoms with Crippen LogP contribution < -0.4 is 4.90 Å². The molecule has 2 heterocycles. The molecule has 4 rings (SSSR count). The van der Waals surface area contributed by atoms with Gasteiger partial charge in [0.15, 0.2) is 0 Å². The van der Waals surface area contributed by atoms with Crippen LogP contribution in [-0.4, -0.2) is 71.9 Å². The predicted molar refractivity (Wildman–Crippen MR) is 129 cm³/mol. The summed E-state index contributed by atoms with van der Waals surface area (Å²) in [4.78, 5) is 40.8. The third-order valence-electron chi connectivity index (χ3n) is 6.09. The van der Waals surface area contributed by atoms with Crippen molar-refractivity contribution in [3.05, 3.63) is 77.6 Å². The molecule has 33 heavy (non-hydrogen) atoms. The summed E-state index contributed by atoms with van der Waals surface area (Å²) < 4.78 is 0. The number of hydrogen-bond acceptors (Lipinski definition) is 5. The van der Waals surface area contributed by atoms with Crippen molar-refractivity contribution in [3.63, 3.8) is 0 Å². The highest BCUT2D eigenvalue weighted by Gasteiger charge is 2.37. The van der Waals surface area contributed by atoms with Crippen LogP contribution in [0.4, 0.5) is 5.95 Å². The second kappa shape index (κ2) is 9.40. The average molecular weight is 444 g/mol. The largest absolute Gasteiger partial charge is 0.347 e. The van der Waals surface area contributed by atoms with Crippen molar-refractivity contribution >= 4 is 17.8 Å². The fraction of sp³-hybridized carbons (Fsp3) is 0.308. The molecule has 0 radical (unpaired) electrons. The number of carbonyl (C=O) groups is 2. The van der Waals surface area contributed by atoms with E-state index in [-0.39, 0.29) is 11.8 Å². The zero-order chi connectivity index (χ0) is 23.5. The van der Waals surface area contributed by atoms with E-state index >= 15 is 0 Å². The molecule has 1 aliphatic rings. The lowest BCUT2D eigenvalue weighted by Gasteiger charge is -2.39. The molecule has 1 aliphatic heterocycles. The monoisotopic (exact) mass is 443 g/mol. The second-order valence-corrected chi connectivity index (χ2v) is 8.56. The summed E-state index contributed by atoms with van der Waals surface area (Å²) in [5.41, 5.74) is 4.23. The number of anilines is 1. The Balaban J connectivity index is 1.68. The van der Waals surface area contributed by atoms with Crippen molar-refractivity contribution in [3.8, 4) is 11.1 Å². The highest BCUT2D eigenvalue weighted by Crippen LogP contribution is 2.27. The topological polar surface area (TPSA) is 69.6 Å². The van der Waals surface area contributed by atoms with Crippen molar-refractivity contribution in [2.45, 2.75) is 19.4 Å². The van der Waals surface area contributed by atoms with E-state index in [0.717, 1.165) is 16.7 Å². The molecule has 0 bridgehead atoms. The number of amides is 2. The van der Waals surface area contributed by atoms with Crippen molar-refractivity contribution in [2.75, 3.05) is 39.1 Å². The van der Waals surface area contributed by atoms with Crippen LogP contribution in [0, 0.1) is 6.92 Å². The number of hydrogen-bond donors (Lipinski definition) is 0. The van der Waals surface area contributed by atoms with E-state index in [9.17, 15) is 9.59 Å². The van der Waals surface area contributed by atoms with Gasteiger partial charge in [-0.2, -0.15) is 0 Å². The summed E-state index contributed by atoms with van der Waals surface area (Å²) in [6.45, 7) is 2.77. The van der Waals surface area contributed by atoms with Gasteiger partial charge in [-0.1, -0.05) is 54.6 Å². The third-order valence-corrected chi connectivity index (χ3v) is 6.09. The minimum atomic E-state index is -0.589. The summed E-state index contributed by atoms with van der Waals surface area (Å²) in [5, 5.41) is 0. The Morgan fingerprint density at radius 3 is 2.45 bits per heavy atom. The van der Waals surface area contributed by atoms with Crippen LogP contribution >= 0.6 is 0 Å². The molecule has 1 aromatic heterocycles. The van der Waals surface area contributed by atoms with Gasteiger partial charge in [0.05, 0.1) is 11.3 Å². The van der Waals surface area contributed by atoms with Gasteiger partial charge in [-0.3, -0.25) is 9.59 Å². The molecule has 7 heteroatoms. The molecule has 0 saturated carbocycles. The standard InChI is InChI=1S/C26H29N5O2/c1-18-22(17-27-26(28-18)29(2)3)24(32)31-15-14-30(4)25(33)23(31)16-20-12-8-9-13-21(20)19-10-6-5-7-11-19/h5-13,17,23H,14-16H2,1-4H3. The lowest BCUT2D eigenvalue weighted by Crippen LogP contribution is -2.58. The molecule has 0 spiro atoms. The number of aryl methyl sites for hydroxylation is 1. The SMILES string of the molecule is Cc1nc(N(C)C)ncc1C(=O)N1CCN(C)C(=O)C1Cc1ccccc1-c1ccccc1. The van der Waals surface area contributed by atoms with Crippen LogP contribution in [-0.2, 0) is 11.2 Å². The first-order valence-corrected chi connectivity index (χ1v) is 11.1. The Kier molecular flexibility index (Phi) is 6.40. The van der Waals surface area contributed by atoms with Crippen molar-refractivity contribution in [1.82, 2.24) is 19.8 Å². The van der Waals surface area contributed by atoms with E-state index in [1.165, 1.54) is 0 Å². The van der Waals surface area contributed by atoms with E-state index in [4.69, 9.17) is 0 Å². The summed E-state index contributed by atoms with van der Waals surface area (Å²) in [5.74, 6) is 0.286. The molecule has 1 atom stereocenters. The van der Waals surface area contributed by atoms with Crippen LogP contribution in [0.5, 0.6) is 0 Å². The number of aromatic nitrogens is 2. The Bertz CT molecular complexity index is 1160. The van der Waals surface area contributed by atoms with Crippen LogP contribution in [0.15, 0.2) is 60.8 Å². The number of rotatable bonds is 5. The van der Waals surface area contributed by atoms with Gasteiger partial charge in [-0.15, -0.1) is 0 Å². The van der Waals surface area contributed by atoms with Crippen molar-refractivity contribution in [2.24, 2.45) is 0 Å². The summed E-state index contributed by atoms with van der Waals surface area (Å²) in [6.07, 6.45) is 2.01. The van der Waals surface area contributed by atoms with Gasteiger partial charge in [0.1, 0.15) is 6.04 Å². The second-order valence-electron chi connectivity index (χ2n) is 8.56. The van der Waals surface area contributed by atoms with E-state index in [1.807, 2.05) is 50.5 Å². The summed E-state index contributed by atoms with van der Waals surface area (Å²) in [6, 6.07) is 17.6. The Morgan fingerprint density at radius 1 is 1.06 bits per heavy atom. The quantitative estimate of drug-likeness (QED) is 0.606. The van der Waals surface area contributed by atoms with E-state index in [0.29, 0.717) is 36.7 Å². The summed E-state index contributed by atoms with van der Waals surface area (Å²) >= 11 is 0. The van der Waals surface area contributed by atoms with Gasteiger partial charge in [0.2, 0.25) is 11.9 Å². The molecule has 0 N–H and O–H groups in total. The van der Waals surface area contributed by atoms with Crippen molar-refractivity contribution in [1.29, 1.82) is 0 Å². The fourth-order valence-electron chi connectivity index (χ4n) is 4.19. The molecule has 2 aromatic carbocycles. The number of nitrogens with zero attached hydrogens (tertiary/aromatic N) is 5. The minimum Gasteiger partial charge on any atom is -0.347 e. The Hall–Kier alpha value is -3.74. The Morgan fingerprint density at radius 2 is 1.76 bits per heavy atom. The molecular formula is C26H29N5O2. The molecule has 7 nitrogen and oxygen atoms in total. The first kappa shape index (κ1) is 22.5. The van der Waals surface area contributed by atoms with E-state index < -0.39 is 6.04 Å². The maximum atomic E-state index is 13.6. The number of likely N-dealkylation sites (N-methyl/N-ethyl adjacent to an activating group) is 1. The van der Waals surface area contributed by atoms with Gasteiger partial charge in [-0.05, 0) is 23.6 Å². The zero-order valence-corrected chi connectivity index (χ0v) is 19.5. The maximum Gasteiger partial charge on any atom is 0.258 e. The highest BCUT2D eigenvalue weighted by molar-refractivity contribution is 5.99. The molecule has 0 aliphatic carbocycles. The smallest absolute Gasteiger partial charge is 0.258 e. The first-order valence-electron chi connectivity index (χ1n) is 11.1. The summed E-state index contributed by atoms with van der Waals surface area (Å²) in [7, 11) is 5.51. The lowest BCUT2D eigenvalue weighted by molar-refractivity contribution is -0.138. The molecule has 3 aromatic rings. The number of carbonyl (C=O) groups excluding carboxylic acids is 2. The average Bonchev–Trinajstić information content (AvgIpc) is 2.82. The minimum absolute atomic E-state index is 0.0547. The molecule has 2 amide bonds. The van der Waals surface area contributed by atoms with Gasteiger partial charge in [0, 0.05) is 46.9 Å². The number of benzene rings is 2. The molecular weight excluding hydrogens is 414 g/mol. The maximum absolute atomic E-state index is 13.6. The predicted octanol–water partition coefficient (Wildman–Crippen LogP) is 3.04. The number of piperazine rings is 1.